The Morgan fingerprint density at radius 2 is 1.89 bits per heavy atom. The molecule has 0 aliphatic carbocycles. The van der Waals surface area contributed by atoms with Gasteiger partial charge < -0.3 is 10.6 Å². The highest BCUT2D eigenvalue weighted by Gasteiger charge is 2.16. The summed E-state index contributed by atoms with van der Waals surface area (Å²) < 4.78 is 26.8. The maximum Gasteiger partial charge on any atom is 0.270 e. The van der Waals surface area contributed by atoms with E-state index in [-0.39, 0.29) is 41.1 Å². The predicted molar refractivity (Wildman–Crippen MR) is 117 cm³/mol. The number of sulfonamides is 1. The Balaban J connectivity index is 0.00000676. The standard InChI is InChI=1S/C16H27N5O4S.HI/c1-13(2)6-5-9-18-16(17-3)19-10-11-20-26(24,25)15-8-4-7-14(12-15)21(22)23;/h4,7-8,12-13,20H,5-6,9-11H2,1-3H3,(H2,17,18,19);1H. The molecule has 0 aromatic heterocycles. The summed E-state index contributed by atoms with van der Waals surface area (Å²) in [6.45, 7) is 5.58. The molecule has 0 bridgehead atoms. The van der Waals surface area contributed by atoms with Crippen LogP contribution in [0.5, 0.6) is 0 Å². The molecule has 27 heavy (non-hydrogen) atoms. The van der Waals surface area contributed by atoms with E-state index in [1.165, 1.54) is 18.2 Å². The first kappa shape index (κ1) is 25.5. The molecule has 0 saturated carbocycles. The number of hydrogen-bond donors (Lipinski definition) is 3. The minimum absolute atomic E-state index is 0. The summed E-state index contributed by atoms with van der Waals surface area (Å²) in [4.78, 5) is 14.1. The molecule has 1 rings (SSSR count). The molecule has 0 aliphatic rings. The highest BCUT2D eigenvalue weighted by Crippen LogP contribution is 2.16. The quantitative estimate of drug-likeness (QED) is 0.110. The average molecular weight is 513 g/mol. The second-order valence-corrected chi connectivity index (χ2v) is 7.88. The van der Waals surface area contributed by atoms with Crippen LogP contribution in [0, 0.1) is 16.0 Å². The largest absolute Gasteiger partial charge is 0.356 e. The minimum Gasteiger partial charge on any atom is -0.356 e. The summed E-state index contributed by atoms with van der Waals surface area (Å²) in [7, 11) is -2.16. The van der Waals surface area contributed by atoms with Crippen LogP contribution in [0.2, 0.25) is 0 Å². The minimum atomic E-state index is -3.81. The smallest absolute Gasteiger partial charge is 0.270 e. The van der Waals surface area contributed by atoms with Gasteiger partial charge in [-0.15, -0.1) is 24.0 Å². The summed E-state index contributed by atoms with van der Waals surface area (Å²) >= 11 is 0. The van der Waals surface area contributed by atoms with Gasteiger partial charge in [-0.2, -0.15) is 0 Å². The summed E-state index contributed by atoms with van der Waals surface area (Å²) in [6.07, 6.45) is 2.14. The fraction of sp³-hybridized carbons (Fsp3) is 0.562. The number of nitro groups is 1. The van der Waals surface area contributed by atoms with Crippen molar-refractivity contribution in [3.8, 4) is 0 Å². The van der Waals surface area contributed by atoms with Gasteiger partial charge in [-0.1, -0.05) is 19.9 Å². The van der Waals surface area contributed by atoms with Crippen LogP contribution in [0.15, 0.2) is 34.2 Å². The van der Waals surface area contributed by atoms with Crippen molar-refractivity contribution in [3.05, 3.63) is 34.4 Å². The van der Waals surface area contributed by atoms with Gasteiger partial charge in [0.1, 0.15) is 0 Å². The number of benzene rings is 1. The number of guanidine groups is 1. The molecule has 0 radical (unpaired) electrons. The number of nitrogens with zero attached hydrogens (tertiary/aromatic N) is 2. The Kier molecular flexibility index (Phi) is 12.1. The van der Waals surface area contributed by atoms with Crippen LogP contribution >= 0.6 is 24.0 Å². The molecule has 0 unspecified atom stereocenters. The molecule has 0 amide bonds. The number of rotatable bonds is 10. The third kappa shape index (κ3) is 9.86. The SMILES string of the molecule is CN=C(NCCCC(C)C)NCCNS(=O)(=O)c1cccc([N+](=O)[O-])c1.I. The van der Waals surface area contributed by atoms with Crippen molar-refractivity contribution in [3.63, 3.8) is 0 Å². The number of aliphatic imine (C=N–C) groups is 1. The van der Waals surface area contributed by atoms with Gasteiger partial charge in [0.2, 0.25) is 10.0 Å². The molecule has 0 fully saturated rings. The molecule has 1 aromatic rings. The Morgan fingerprint density at radius 1 is 1.22 bits per heavy atom. The number of hydrogen-bond acceptors (Lipinski definition) is 5. The van der Waals surface area contributed by atoms with Gasteiger partial charge in [0.05, 0.1) is 9.82 Å². The van der Waals surface area contributed by atoms with Crippen LogP contribution in [0.4, 0.5) is 5.69 Å². The van der Waals surface area contributed by atoms with Crippen molar-refractivity contribution in [2.75, 3.05) is 26.7 Å². The molecule has 0 saturated heterocycles. The Hall–Kier alpha value is -1.47. The first-order valence-corrected chi connectivity index (χ1v) is 9.93. The third-order valence-electron chi connectivity index (χ3n) is 3.52. The van der Waals surface area contributed by atoms with Gasteiger partial charge in [-0.3, -0.25) is 15.1 Å². The van der Waals surface area contributed by atoms with Crippen LogP contribution in [-0.4, -0.2) is 46.0 Å². The molecule has 0 heterocycles. The Labute approximate surface area is 177 Å². The molecule has 0 atom stereocenters. The molecule has 154 valence electrons. The molecule has 1 aromatic carbocycles. The fourth-order valence-corrected chi connectivity index (χ4v) is 3.22. The van der Waals surface area contributed by atoms with E-state index in [2.05, 4.69) is 34.2 Å². The average Bonchev–Trinajstić information content (AvgIpc) is 2.60. The third-order valence-corrected chi connectivity index (χ3v) is 4.98. The molecule has 3 N–H and O–H groups in total. The molecule has 0 aliphatic heterocycles. The maximum absolute atomic E-state index is 12.2. The van der Waals surface area contributed by atoms with E-state index in [0.29, 0.717) is 18.4 Å². The van der Waals surface area contributed by atoms with Crippen LogP contribution < -0.4 is 15.4 Å². The molecule has 0 spiro atoms. The molecule has 11 heteroatoms. The van der Waals surface area contributed by atoms with Gasteiger partial charge in [-0.05, 0) is 24.8 Å². The normalized spacial score (nSPS) is 11.8. The van der Waals surface area contributed by atoms with Crippen LogP contribution in [0.1, 0.15) is 26.7 Å². The van der Waals surface area contributed by atoms with Crippen molar-refractivity contribution in [2.24, 2.45) is 10.9 Å². The van der Waals surface area contributed by atoms with Gasteiger partial charge in [0, 0.05) is 38.8 Å². The number of halogens is 1. The van der Waals surface area contributed by atoms with E-state index in [1.807, 2.05) is 0 Å². The second kappa shape index (κ2) is 12.8. The zero-order valence-corrected chi connectivity index (χ0v) is 18.9. The number of nitro benzene ring substituents is 1. The topological polar surface area (TPSA) is 126 Å². The van der Waals surface area contributed by atoms with E-state index in [9.17, 15) is 18.5 Å². The highest BCUT2D eigenvalue weighted by atomic mass is 127. The van der Waals surface area contributed by atoms with E-state index in [0.717, 1.165) is 25.5 Å². The van der Waals surface area contributed by atoms with Crippen LogP contribution in [-0.2, 0) is 10.0 Å². The monoisotopic (exact) mass is 513 g/mol. The van der Waals surface area contributed by atoms with Crippen molar-refractivity contribution < 1.29 is 13.3 Å². The van der Waals surface area contributed by atoms with Gasteiger partial charge in [0.25, 0.3) is 5.69 Å². The van der Waals surface area contributed by atoms with E-state index >= 15 is 0 Å². The summed E-state index contributed by atoms with van der Waals surface area (Å²) in [5.74, 6) is 1.25. The van der Waals surface area contributed by atoms with Crippen molar-refractivity contribution in [2.45, 2.75) is 31.6 Å². The van der Waals surface area contributed by atoms with Gasteiger partial charge in [-0.25, -0.2) is 13.1 Å². The molecular weight excluding hydrogens is 485 g/mol. The van der Waals surface area contributed by atoms with E-state index < -0.39 is 14.9 Å². The lowest BCUT2D eigenvalue weighted by atomic mass is 10.1. The summed E-state index contributed by atoms with van der Waals surface area (Å²) in [5.41, 5.74) is -0.267. The molecule has 9 nitrogen and oxygen atoms in total. The lowest BCUT2D eigenvalue weighted by molar-refractivity contribution is -0.385. The van der Waals surface area contributed by atoms with Crippen LogP contribution in [0.25, 0.3) is 0 Å². The molecular formula is C16H28IN5O4S. The summed E-state index contributed by atoms with van der Waals surface area (Å²) in [5, 5.41) is 16.9. The first-order valence-electron chi connectivity index (χ1n) is 8.45. The van der Waals surface area contributed by atoms with Gasteiger partial charge >= 0.3 is 0 Å². The number of nitrogens with one attached hydrogen (secondary N) is 3. The van der Waals surface area contributed by atoms with E-state index in [1.54, 1.807) is 7.05 Å². The fourth-order valence-electron chi connectivity index (χ4n) is 2.15. The van der Waals surface area contributed by atoms with Crippen molar-refractivity contribution in [1.29, 1.82) is 0 Å². The van der Waals surface area contributed by atoms with Gasteiger partial charge in [0.15, 0.2) is 5.96 Å². The zero-order chi connectivity index (χ0) is 19.6. The second-order valence-electron chi connectivity index (χ2n) is 6.11. The van der Waals surface area contributed by atoms with E-state index in [4.69, 9.17) is 0 Å². The van der Waals surface area contributed by atoms with Crippen molar-refractivity contribution in [1.82, 2.24) is 15.4 Å². The predicted octanol–water partition coefficient (Wildman–Crippen LogP) is 2.09. The first-order chi connectivity index (χ1) is 12.3. The maximum atomic E-state index is 12.2. The Bertz CT molecular complexity index is 725. The van der Waals surface area contributed by atoms with Crippen molar-refractivity contribution >= 4 is 45.6 Å². The Morgan fingerprint density at radius 3 is 2.48 bits per heavy atom. The van der Waals surface area contributed by atoms with Crippen LogP contribution in [0.3, 0.4) is 0 Å². The lowest BCUT2D eigenvalue weighted by Gasteiger charge is -2.13. The summed E-state index contributed by atoms with van der Waals surface area (Å²) in [6, 6.07) is 4.94. The highest BCUT2D eigenvalue weighted by molar-refractivity contribution is 14.0. The number of non-ortho nitro benzene ring substituents is 1. The lowest BCUT2D eigenvalue weighted by Crippen LogP contribution is -2.41. The zero-order valence-electron chi connectivity index (χ0n) is 15.8.